The number of aromatic amines is 1. The number of phenols is 1. The topological polar surface area (TPSA) is 108 Å². The molecular formula is C21H24N4O2. The van der Waals surface area contributed by atoms with Crippen molar-refractivity contribution in [3.05, 3.63) is 59.8 Å². The molecule has 1 aromatic heterocycles. The molecule has 27 heavy (non-hydrogen) atoms. The van der Waals surface area contributed by atoms with Crippen molar-refractivity contribution >= 4 is 23.5 Å². The van der Waals surface area contributed by atoms with Crippen molar-refractivity contribution in [1.82, 2.24) is 9.88 Å². The minimum Gasteiger partial charge on any atom is -0.507 e. The van der Waals surface area contributed by atoms with Crippen LogP contribution in [0.4, 0.5) is 5.82 Å². The standard InChI is InChI=1S/C21H24N4O2/c1-2-20(27)25-11-13-8-16(13)18(25)10-14-7-12(21(23)24-14)9-17(22)15-5-3-4-6-19(15)26/h2-7,9,13,16,18,24,26H,1,8,10-11,22-23H2/b17-9-/t13?,16-,18?/m1/s1. The van der Waals surface area contributed by atoms with Gasteiger partial charge < -0.3 is 26.5 Å². The highest BCUT2D eigenvalue weighted by Gasteiger charge is 2.53. The highest BCUT2D eigenvalue weighted by atomic mass is 16.3. The minimum atomic E-state index is -0.00403. The zero-order chi connectivity index (χ0) is 19.1. The van der Waals surface area contributed by atoms with Gasteiger partial charge in [0.15, 0.2) is 0 Å². The van der Waals surface area contributed by atoms with Crippen LogP contribution in [0, 0.1) is 11.8 Å². The number of benzene rings is 1. The monoisotopic (exact) mass is 364 g/mol. The zero-order valence-electron chi connectivity index (χ0n) is 15.1. The first-order chi connectivity index (χ1) is 13.0. The number of para-hydroxylation sites is 1. The Morgan fingerprint density at radius 2 is 2.19 bits per heavy atom. The van der Waals surface area contributed by atoms with Gasteiger partial charge in [0.25, 0.3) is 0 Å². The van der Waals surface area contributed by atoms with Gasteiger partial charge in [-0.05, 0) is 48.6 Å². The van der Waals surface area contributed by atoms with Crippen LogP contribution in [-0.2, 0) is 11.2 Å². The lowest BCUT2D eigenvalue weighted by Gasteiger charge is -2.26. The van der Waals surface area contributed by atoms with Crippen molar-refractivity contribution in [2.24, 2.45) is 17.6 Å². The fourth-order valence-corrected chi connectivity index (χ4v) is 4.17. The number of nitrogens with two attached hydrogens (primary N) is 2. The summed E-state index contributed by atoms with van der Waals surface area (Å²) in [6, 6.07) is 9.08. The van der Waals surface area contributed by atoms with Crippen LogP contribution in [-0.4, -0.2) is 33.5 Å². The number of likely N-dealkylation sites (tertiary alicyclic amines) is 1. The molecular weight excluding hydrogens is 340 g/mol. The van der Waals surface area contributed by atoms with E-state index in [-0.39, 0.29) is 17.7 Å². The van der Waals surface area contributed by atoms with E-state index in [0.717, 1.165) is 24.2 Å². The Morgan fingerprint density at radius 1 is 1.41 bits per heavy atom. The van der Waals surface area contributed by atoms with Crippen LogP contribution in [0.15, 0.2) is 43.0 Å². The van der Waals surface area contributed by atoms with Crippen molar-refractivity contribution in [2.45, 2.75) is 18.9 Å². The molecule has 6 N–H and O–H groups in total. The van der Waals surface area contributed by atoms with E-state index in [0.29, 0.717) is 28.9 Å². The Kier molecular flexibility index (Phi) is 4.18. The first kappa shape index (κ1) is 17.3. The Balaban J connectivity index is 1.55. The maximum absolute atomic E-state index is 12.1. The van der Waals surface area contributed by atoms with E-state index in [2.05, 4.69) is 11.6 Å². The van der Waals surface area contributed by atoms with Gasteiger partial charge in [-0.25, -0.2) is 0 Å². The third kappa shape index (κ3) is 3.18. The lowest BCUT2D eigenvalue weighted by molar-refractivity contribution is -0.127. The molecule has 0 spiro atoms. The number of nitrogens with one attached hydrogen (secondary N) is 1. The number of carbonyl (C=O) groups excluding carboxylic acids is 1. The quantitative estimate of drug-likeness (QED) is 0.611. The molecule has 1 saturated carbocycles. The van der Waals surface area contributed by atoms with Gasteiger partial charge in [0, 0.05) is 41.5 Å². The average molecular weight is 364 g/mol. The number of amides is 1. The summed E-state index contributed by atoms with van der Waals surface area (Å²) in [5, 5.41) is 9.96. The van der Waals surface area contributed by atoms with Gasteiger partial charge in [0.2, 0.25) is 5.91 Å². The zero-order valence-corrected chi connectivity index (χ0v) is 15.1. The van der Waals surface area contributed by atoms with Crippen molar-refractivity contribution < 1.29 is 9.90 Å². The molecule has 6 nitrogen and oxygen atoms in total. The fraction of sp³-hybridized carbons (Fsp3) is 0.286. The van der Waals surface area contributed by atoms with E-state index >= 15 is 0 Å². The Bertz CT molecular complexity index is 930. The number of aromatic nitrogens is 1. The molecule has 140 valence electrons. The fourth-order valence-electron chi connectivity index (χ4n) is 4.17. The predicted octanol–water partition coefficient (Wildman–Crippen LogP) is 2.33. The smallest absolute Gasteiger partial charge is 0.246 e. The summed E-state index contributed by atoms with van der Waals surface area (Å²) >= 11 is 0. The van der Waals surface area contributed by atoms with Crippen molar-refractivity contribution in [2.75, 3.05) is 12.3 Å². The van der Waals surface area contributed by atoms with E-state index in [1.54, 1.807) is 24.3 Å². The summed E-state index contributed by atoms with van der Waals surface area (Å²) in [6.07, 6.45) is 5.07. The number of hydrogen-bond acceptors (Lipinski definition) is 4. The van der Waals surface area contributed by atoms with Gasteiger partial charge >= 0.3 is 0 Å². The first-order valence-electron chi connectivity index (χ1n) is 9.14. The summed E-state index contributed by atoms with van der Waals surface area (Å²) in [5.74, 6) is 1.85. The molecule has 4 rings (SSSR count). The van der Waals surface area contributed by atoms with Crippen LogP contribution >= 0.6 is 0 Å². The number of nitrogen functional groups attached to an aromatic ring is 1. The Morgan fingerprint density at radius 3 is 2.93 bits per heavy atom. The van der Waals surface area contributed by atoms with E-state index in [1.165, 1.54) is 12.5 Å². The summed E-state index contributed by atoms with van der Waals surface area (Å²) in [4.78, 5) is 17.2. The largest absolute Gasteiger partial charge is 0.507 e. The highest BCUT2D eigenvalue weighted by Crippen LogP contribution is 2.50. The summed E-state index contributed by atoms with van der Waals surface area (Å²) in [7, 11) is 0. The summed E-state index contributed by atoms with van der Waals surface area (Å²) < 4.78 is 0. The molecule has 6 heteroatoms. The number of rotatable bonds is 5. The molecule has 2 unspecified atom stereocenters. The number of anilines is 1. The molecule has 2 heterocycles. The number of H-pyrrole nitrogens is 1. The molecule has 1 aliphatic carbocycles. The van der Waals surface area contributed by atoms with Crippen molar-refractivity contribution in [3.63, 3.8) is 0 Å². The van der Waals surface area contributed by atoms with Gasteiger partial charge in [-0.3, -0.25) is 4.79 Å². The third-order valence-corrected chi connectivity index (χ3v) is 5.65. The van der Waals surface area contributed by atoms with E-state index in [4.69, 9.17) is 11.5 Å². The average Bonchev–Trinajstić information content (AvgIpc) is 3.22. The number of carbonyl (C=O) groups is 1. The number of nitrogens with zero attached hydrogens (tertiary/aromatic N) is 1. The lowest BCUT2D eigenvalue weighted by atomic mass is 10.1. The molecule has 1 saturated heterocycles. The molecule has 1 aromatic carbocycles. The van der Waals surface area contributed by atoms with Gasteiger partial charge in [0.05, 0.1) is 0 Å². The van der Waals surface area contributed by atoms with Gasteiger partial charge in [0.1, 0.15) is 11.6 Å². The van der Waals surface area contributed by atoms with E-state index in [1.807, 2.05) is 17.0 Å². The second-order valence-corrected chi connectivity index (χ2v) is 7.41. The third-order valence-electron chi connectivity index (χ3n) is 5.65. The minimum absolute atomic E-state index is 0.00403. The number of piperidine rings is 1. The SMILES string of the molecule is C=CC(=O)N1CC2C[C@H]2C1Cc1cc(/C=C(\N)c2ccccc2O)c(N)[nH]1. The van der Waals surface area contributed by atoms with Gasteiger partial charge in [-0.15, -0.1) is 0 Å². The maximum Gasteiger partial charge on any atom is 0.246 e. The van der Waals surface area contributed by atoms with Gasteiger partial charge in [-0.1, -0.05) is 18.7 Å². The van der Waals surface area contributed by atoms with Crippen LogP contribution in [0.2, 0.25) is 0 Å². The second kappa shape index (κ2) is 6.54. The number of phenolic OH excluding ortho intramolecular Hbond substituents is 1. The normalized spacial score (nSPS) is 23.9. The Hall–Kier alpha value is -3.15. The maximum atomic E-state index is 12.1. The lowest BCUT2D eigenvalue weighted by Crippen LogP contribution is -2.38. The van der Waals surface area contributed by atoms with Crippen molar-refractivity contribution in [3.8, 4) is 5.75 Å². The number of hydrogen-bond donors (Lipinski definition) is 4. The number of fused-ring (bicyclic) bond motifs is 1. The predicted molar refractivity (Wildman–Crippen MR) is 106 cm³/mol. The van der Waals surface area contributed by atoms with Crippen LogP contribution < -0.4 is 11.5 Å². The first-order valence-corrected chi connectivity index (χ1v) is 9.14. The molecule has 1 aliphatic heterocycles. The van der Waals surface area contributed by atoms with E-state index < -0.39 is 0 Å². The molecule has 2 aliphatic rings. The van der Waals surface area contributed by atoms with Crippen LogP contribution in [0.25, 0.3) is 11.8 Å². The highest BCUT2D eigenvalue weighted by molar-refractivity contribution is 5.88. The summed E-state index contributed by atoms with van der Waals surface area (Å²) in [6.45, 7) is 4.44. The summed E-state index contributed by atoms with van der Waals surface area (Å²) in [5.41, 5.74) is 15.0. The van der Waals surface area contributed by atoms with E-state index in [9.17, 15) is 9.90 Å². The van der Waals surface area contributed by atoms with Crippen LogP contribution in [0.1, 0.15) is 23.2 Å². The van der Waals surface area contributed by atoms with Gasteiger partial charge in [-0.2, -0.15) is 0 Å². The Labute approximate surface area is 158 Å². The molecule has 3 atom stereocenters. The molecule has 1 amide bonds. The van der Waals surface area contributed by atoms with Crippen molar-refractivity contribution in [1.29, 1.82) is 0 Å². The molecule has 0 radical (unpaired) electrons. The molecule has 2 aromatic rings. The van der Waals surface area contributed by atoms with Crippen LogP contribution in [0.3, 0.4) is 0 Å². The number of aromatic hydroxyl groups is 1. The van der Waals surface area contributed by atoms with Crippen LogP contribution in [0.5, 0.6) is 5.75 Å². The molecule has 2 fully saturated rings. The second-order valence-electron chi connectivity index (χ2n) is 7.41. The molecule has 0 bridgehead atoms.